The molecule has 5 rings (SSSR count). The molecule has 2 aromatic heterocycles. The van der Waals surface area contributed by atoms with E-state index in [-0.39, 0.29) is 16.6 Å². The van der Waals surface area contributed by atoms with E-state index < -0.39 is 0 Å². The van der Waals surface area contributed by atoms with Crippen molar-refractivity contribution in [3.05, 3.63) is 90.1 Å². The highest BCUT2D eigenvalue weighted by Crippen LogP contribution is 2.41. The van der Waals surface area contributed by atoms with Gasteiger partial charge in [0.2, 0.25) is 0 Å². The van der Waals surface area contributed by atoms with Gasteiger partial charge in [0.15, 0.2) is 0 Å². The molecule has 36 heavy (non-hydrogen) atoms. The number of phenols is 1. The molecule has 3 aromatic carbocycles. The number of thiazole rings is 1. The van der Waals surface area contributed by atoms with Crippen molar-refractivity contribution in [2.45, 2.75) is 52.4 Å². The number of fused-ring (bicyclic) bond motifs is 1. The highest BCUT2D eigenvalue weighted by atomic mass is 32.1. The first kappa shape index (κ1) is 24.2. The number of pyridine rings is 1. The van der Waals surface area contributed by atoms with Gasteiger partial charge in [-0.25, -0.2) is 4.98 Å². The van der Waals surface area contributed by atoms with Crippen LogP contribution in [0.2, 0.25) is 0 Å². The Labute approximate surface area is 217 Å². The minimum atomic E-state index is -0.0117. The molecule has 0 saturated carbocycles. The second-order valence-corrected chi connectivity index (χ2v) is 12.4. The normalized spacial score (nSPS) is 12.3. The minimum absolute atomic E-state index is 0.0117. The average molecular weight is 493 g/mol. The molecule has 0 aliphatic heterocycles. The van der Waals surface area contributed by atoms with Crippen LogP contribution in [0.15, 0.2) is 79.0 Å². The van der Waals surface area contributed by atoms with Crippen molar-refractivity contribution in [3.8, 4) is 38.7 Å². The molecular formula is C32H32N2OS. The molecule has 1 N–H and O–H groups in total. The fourth-order valence-corrected chi connectivity index (χ4v) is 5.42. The third kappa shape index (κ3) is 4.66. The summed E-state index contributed by atoms with van der Waals surface area (Å²) in [6.45, 7) is 13.4. The molecule has 0 fully saturated rings. The lowest BCUT2D eigenvalue weighted by Crippen LogP contribution is -2.11. The van der Waals surface area contributed by atoms with Crippen LogP contribution in [0.25, 0.3) is 43.2 Å². The predicted octanol–water partition coefficient (Wildman–Crippen LogP) is 8.99. The largest absolute Gasteiger partial charge is 0.507 e. The van der Waals surface area contributed by atoms with Crippen LogP contribution in [0, 0.1) is 0 Å². The number of aromatic hydroxyl groups is 1. The summed E-state index contributed by atoms with van der Waals surface area (Å²) in [5, 5.41) is 11.3. The lowest BCUT2D eigenvalue weighted by molar-refractivity contribution is 0.477. The summed E-state index contributed by atoms with van der Waals surface area (Å²) in [7, 11) is 0. The number of aromatic nitrogens is 2. The fourth-order valence-electron chi connectivity index (χ4n) is 4.35. The molecule has 2 heterocycles. The van der Waals surface area contributed by atoms with Crippen molar-refractivity contribution >= 4 is 21.6 Å². The third-order valence-electron chi connectivity index (χ3n) is 6.59. The van der Waals surface area contributed by atoms with Gasteiger partial charge in [-0.05, 0) is 70.0 Å². The fraction of sp³-hybridized carbons (Fsp3) is 0.250. The third-order valence-corrected chi connectivity index (χ3v) is 7.63. The molecule has 3 nitrogen and oxygen atoms in total. The molecule has 0 unspecified atom stereocenters. The molecule has 0 saturated heterocycles. The van der Waals surface area contributed by atoms with E-state index in [1.165, 1.54) is 11.1 Å². The molecule has 0 amide bonds. The second-order valence-electron chi connectivity index (χ2n) is 11.4. The molecule has 5 aromatic rings. The van der Waals surface area contributed by atoms with Gasteiger partial charge in [-0.1, -0.05) is 71.9 Å². The standard InChI is InChI=1S/C32H32N2OS/c1-31(2,3)22-14-15-33-26(18-22)21-11-9-10-20(16-21)25-17-23(32(4,5)6)19-28-29(25)34-30(36-28)24-12-7-8-13-27(24)35/h7-19,35H,1-6H3. The number of rotatable bonds is 3. The number of hydrogen-bond donors (Lipinski definition) is 1. The van der Waals surface area contributed by atoms with Gasteiger partial charge >= 0.3 is 0 Å². The number of benzene rings is 3. The molecule has 0 spiro atoms. The first-order valence-electron chi connectivity index (χ1n) is 12.3. The lowest BCUT2D eigenvalue weighted by atomic mass is 9.85. The van der Waals surface area contributed by atoms with E-state index in [1.54, 1.807) is 17.4 Å². The van der Waals surface area contributed by atoms with Crippen molar-refractivity contribution < 1.29 is 5.11 Å². The van der Waals surface area contributed by atoms with Crippen molar-refractivity contribution in [3.63, 3.8) is 0 Å². The zero-order valence-corrected chi connectivity index (χ0v) is 22.6. The second kappa shape index (κ2) is 8.86. The first-order chi connectivity index (χ1) is 17.0. The Kier molecular flexibility index (Phi) is 5.96. The Bertz CT molecular complexity index is 1570. The summed E-state index contributed by atoms with van der Waals surface area (Å²) in [6, 6.07) is 24.8. The van der Waals surface area contributed by atoms with Gasteiger partial charge in [0.1, 0.15) is 10.8 Å². The zero-order valence-electron chi connectivity index (χ0n) is 21.8. The van der Waals surface area contributed by atoms with Crippen LogP contribution in [-0.2, 0) is 10.8 Å². The topological polar surface area (TPSA) is 46.0 Å². The van der Waals surface area contributed by atoms with Gasteiger partial charge in [-0.15, -0.1) is 11.3 Å². The first-order valence-corrected chi connectivity index (χ1v) is 13.1. The Morgan fingerprint density at radius 3 is 2.14 bits per heavy atom. The van der Waals surface area contributed by atoms with Gasteiger partial charge in [0.25, 0.3) is 0 Å². The van der Waals surface area contributed by atoms with Gasteiger partial charge in [0.05, 0.1) is 21.5 Å². The summed E-state index contributed by atoms with van der Waals surface area (Å²) in [5.41, 5.74) is 8.57. The number of nitrogens with zero attached hydrogens (tertiary/aromatic N) is 2. The van der Waals surface area contributed by atoms with E-state index in [4.69, 9.17) is 4.98 Å². The van der Waals surface area contributed by atoms with Crippen molar-refractivity contribution in [1.82, 2.24) is 9.97 Å². The van der Waals surface area contributed by atoms with E-state index in [0.29, 0.717) is 0 Å². The number of hydrogen-bond acceptors (Lipinski definition) is 4. The maximum atomic E-state index is 10.5. The van der Waals surface area contributed by atoms with E-state index in [1.807, 2.05) is 24.4 Å². The summed E-state index contributed by atoms with van der Waals surface area (Å²) in [6.07, 6.45) is 1.90. The highest BCUT2D eigenvalue weighted by Gasteiger charge is 2.21. The van der Waals surface area contributed by atoms with Gasteiger partial charge in [0, 0.05) is 17.3 Å². The SMILES string of the molecule is CC(C)(C)c1ccnc(-c2cccc(-c3cc(C(C)(C)C)cc4sc(-c5ccccc5O)nc34)c2)c1. The Hall–Kier alpha value is -3.50. The Morgan fingerprint density at radius 1 is 0.694 bits per heavy atom. The van der Waals surface area contributed by atoms with Gasteiger partial charge in [-0.2, -0.15) is 0 Å². The molecule has 4 heteroatoms. The Morgan fingerprint density at radius 2 is 1.42 bits per heavy atom. The van der Waals surface area contributed by atoms with Crippen LogP contribution in [0.1, 0.15) is 52.7 Å². The van der Waals surface area contributed by atoms with Crippen molar-refractivity contribution in [2.75, 3.05) is 0 Å². The number of para-hydroxylation sites is 1. The highest BCUT2D eigenvalue weighted by molar-refractivity contribution is 7.21. The Balaban J connectivity index is 1.70. The molecule has 0 aliphatic carbocycles. The summed E-state index contributed by atoms with van der Waals surface area (Å²) < 4.78 is 1.12. The predicted molar refractivity (Wildman–Crippen MR) is 153 cm³/mol. The lowest BCUT2D eigenvalue weighted by Gasteiger charge is -2.21. The van der Waals surface area contributed by atoms with Crippen LogP contribution in [-0.4, -0.2) is 15.1 Å². The summed E-state index contributed by atoms with van der Waals surface area (Å²) >= 11 is 1.63. The van der Waals surface area contributed by atoms with Crippen LogP contribution in [0.4, 0.5) is 0 Å². The molecule has 0 radical (unpaired) electrons. The zero-order chi connectivity index (χ0) is 25.7. The molecular weight excluding hydrogens is 460 g/mol. The van der Waals surface area contributed by atoms with Crippen LogP contribution in [0.3, 0.4) is 0 Å². The maximum absolute atomic E-state index is 10.5. The van der Waals surface area contributed by atoms with Crippen molar-refractivity contribution in [1.29, 1.82) is 0 Å². The smallest absolute Gasteiger partial charge is 0.128 e. The summed E-state index contributed by atoms with van der Waals surface area (Å²) in [4.78, 5) is 9.72. The molecule has 182 valence electrons. The summed E-state index contributed by atoms with van der Waals surface area (Å²) in [5.74, 6) is 0.251. The van der Waals surface area contributed by atoms with E-state index in [2.05, 4.69) is 95.1 Å². The van der Waals surface area contributed by atoms with Crippen LogP contribution >= 0.6 is 11.3 Å². The quantitative estimate of drug-likeness (QED) is 0.273. The van der Waals surface area contributed by atoms with E-state index in [9.17, 15) is 5.11 Å². The molecule has 0 atom stereocenters. The molecule has 0 bridgehead atoms. The average Bonchev–Trinajstić information content (AvgIpc) is 3.27. The minimum Gasteiger partial charge on any atom is -0.507 e. The monoisotopic (exact) mass is 492 g/mol. The van der Waals surface area contributed by atoms with Crippen LogP contribution < -0.4 is 0 Å². The van der Waals surface area contributed by atoms with E-state index >= 15 is 0 Å². The van der Waals surface area contributed by atoms with Crippen LogP contribution in [0.5, 0.6) is 5.75 Å². The van der Waals surface area contributed by atoms with Crippen molar-refractivity contribution in [2.24, 2.45) is 0 Å². The van der Waals surface area contributed by atoms with Gasteiger partial charge in [-0.3, -0.25) is 4.98 Å². The number of phenolic OH excluding ortho intramolecular Hbond substituents is 1. The molecule has 0 aliphatic rings. The maximum Gasteiger partial charge on any atom is 0.128 e. The van der Waals surface area contributed by atoms with Gasteiger partial charge < -0.3 is 5.11 Å². The van der Waals surface area contributed by atoms with E-state index in [0.717, 1.165) is 43.2 Å².